The van der Waals surface area contributed by atoms with Crippen molar-refractivity contribution in [3.63, 3.8) is 0 Å². The van der Waals surface area contributed by atoms with Crippen LogP contribution in [0.4, 0.5) is 19.6 Å². The van der Waals surface area contributed by atoms with Crippen LogP contribution in [0.25, 0.3) is 32.1 Å². The average molecular weight is 630 g/mol. The summed E-state index contributed by atoms with van der Waals surface area (Å²) in [4.78, 5) is 14.3. The predicted molar refractivity (Wildman–Crippen MR) is 169 cm³/mol. The van der Waals surface area contributed by atoms with E-state index in [1.807, 2.05) is 18.2 Å². The third kappa shape index (κ3) is 4.03. The highest BCUT2D eigenvalue weighted by Crippen LogP contribution is 2.48. The second-order valence-electron chi connectivity index (χ2n) is 13.1. The molecule has 2 bridgehead atoms. The molecule has 7 heterocycles. The van der Waals surface area contributed by atoms with Crippen LogP contribution in [0.1, 0.15) is 48.8 Å². The number of anilines is 2. The van der Waals surface area contributed by atoms with Crippen molar-refractivity contribution >= 4 is 43.1 Å². The fourth-order valence-electron chi connectivity index (χ4n) is 8.78. The van der Waals surface area contributed by atoms with E-state index < -0.39 is 12.0 Å². The molecule has 0 saturated carbocycles. The van der Waals surface area contributed by atoms with Gasteiger partial charge >= 0.3 is 6.01 Å². The second-order valence-corrected chi connectivity index (χ2v) is 14.2. The molecule has 0 spiro atoms. The molecule has 4 saturated heterocycles. The minimum atomic E-state index is -0.881. The van der Waals surface area contributed by atoms with E-state index in [-0.39, 0.29) is 42.4 Å². The molecule has 45 heavy (non-hydrogen) atoms. The summed E-state index contributed by atoms with van der Waals surface area (Å²) >= 11 is 1.32. The first-order chi connectivity index (χ1) is 22.0. The Morgan fingerprint density at radius 3 is 2.82 bits per heavy atom. The smallest absolute Gasteiger partial charge is 0.319 e. The van der Waals surface area contributed by atoms with Crippen LogP contribution >= 0.6 is 11.3 Å². The van der Waals surface area contributed by atoms with Crippen LogP contribution < -0.4 is 20.7 Å². The quantitative estimate of drug-likeness (QED) is 0.314. The van der Waals surface area contributed by atoms with Gasteiger partial charge in [-0.2, -0.15) is 15.2 Å². The van der Waals surface area contributed by atoms with Crippen molar-refractivity contribution in [3.05, 3.63) is 40.7 Å². The minimum absolute atomic E-state index is 0.110. The van der Waals surface area contributed by atoms with Crippen LogP contribution in [-0.2, 0) is 18.0 Å². The molecule has 4 fully saturated rings. The van der Waals surface area contributed by atoms with Crippen molar-refractivity contribution in [3.8, 4) is 23.2 Å². The van der Waals surface area contributed by atoms with Gasteiger partial charge in [0.15, 0.2) is 5.82 Å². The number of nitrogens with two attached hydrogens (primary N) is 1. The van der Waals surface area contributed by atoms with Crippen LogP contribution in [0.3, 0.4) is 0 Å². The number of fused-ring (bicyclic) bond motifs is 7. The first-order valence-corrected chi connectivity index (χ1v) is 16.6. The SMILES string of the molecule is N#Cc1c(N)sc2cccc(-c3c4c(c5c(N6C7CCC6CNC7)nc(OC[C@@]67CCCN6C[C@H](F)C7)nc5c3F)COC4)c12. The number of hydrogen-bond donors (Lipinski definition) is 2. The number of aromatic nitrogens is 2. The molecule has 2 aromatic carbocycles. The molecular weight excluding hydrogens is 596 g/mol. The molecule has 0 aliphatic carbocycles. The lowest BCUT2D eigenvalue weighted by Crippen LogP contribution is -2.52. The maximum absolute atomic E-state index is 17.3. The Morgan fingerprint density at radius 2 is 2.00 bits per heavy atom. The van der Waals surface area contributed by atoms with E-state index in [0.29, 0.717) is 57.9 Å². The van der Waals surface area contributed by atoms with Gasteiger partial charge in [0.1, 0.15) is 35.2 Å². The van der Waals surface area contributed by atoms with Crippen LogP contribution in [0.2, 0.25) is 0 Å². The number of benzene rings is 2. The number of nitrogens with zero attached hydrogens (tertiary/aromatic N) is 5. The van der Waals surface area contributed by atoms with Gasteiger partial charge in [-0.1, -0.05) is 12.1 Å². The average Bonchev–Trinajstić information content (AvgIpc) is 3.83. The largest absolute Gasteiger partial charge is 0.461 e. The number of thiophene rings is 1. The fourth-order valence-corrected chi connectivity index (χ4v) is 9.73. The fraction of sp³-hybridized carbons (Fsp3) is 0.485. The zero-order valence-electron chi connectivity index (χ0n) is 24.7. The van der Waals surface area contributed by atoms with Crippen molar-refractivity contribution in [2.24, 2.45) is 0 Å². The number of ether oxygens (including phenoxy) is 2. The summed E-state index contributed by atoms with van der Waals surface area (Å²) in [6.07, 6.45) is 3.44. The summed E-state index contributed by atoms with van der Waals surface area (Å²) in [5.41, 5.74) is 8.99. The lowest BCUT2D eigenvalue weighted by molar-refractivity contribution is 0.107. The molecule has 12 heteroatoms. The standard InChI is InChI=1S/C33H33F2N7O2S/c34-17-9-33(7-2-8-41(33)13-17)16-44-32-39-29-27(31(40-32)42-18-5-6-19(42)12-38-11-18)23-15-43-14-22(23)26(28(29)35)20-3-1-4-24-25(20)21(10-36)30(37)45-24/h1,3-4,17-19,38H,2,5-9,11-16,37H2/t17-,18?,19?,33+/m1/s1. The number of hydrogen-bond acceptors (Lipinski definition) is 10. The van der Waals surface area contributed by atoms with E-state index in [1.165, 1.54) is 11.3 Å². The van der Waals surface area contributed by atoms with E-state index >= 15 is 4.39 Å². The van der Waals surface area contributed by atoms with E-state index in [0.717, 1.165) is 61.1 Å². The molecule has 2 aromatic heterocycles. The van der Waals surface area contributed by atoms with Gasteiger partial charge in [-0.3, -0.25) is 4.90 Å². The van der Waals surface area contributed by atoms with Crippen molar-refractivity contribution in [1.29, 1.82) is 5.26 Å². The molecule has 2 unspecified atom stereocenters. The number of rotatable bonds is 5. The number of nitrogens with one attached hydrogen (secondary N) is 1. The molecule has 4 atom stereocenters. The first kappa shape index (κ1) is 27.7. The summed E-state index contributed by atoms with van der Waals surface area (Å²) < 4.78 is 45.1. The van der Waals surface area contributed by atoms with Crippen LogP contribution in [0.15, 0.2) is 18.2 Å². The lowest BCUT2D eigenvalue weighted by atomic mass is 9.90. The summed E-state index contributed by atoms with van der Waals surface area (Å²) in [6.45, 7) is 3.73. The minimum Gasteiger partial charge on any atom is -0.461 e. The lowest BCUT2D eigenvalue weighted by Gasteiger charge is -2.37. The number of halogens is 2. The number of nitriles is 1. The number of alkyl halides is 1. The molecule has 5 aliphatic rings. The third-order valence-electron chi connectivity index (χ3n) is 10.7. The molecule has 3 N–H and O–H groups in total. The van der Waals surface area contributed by atoms with Gasteiger partial charge in [0, 0.05) is 53.8 Å². The van der Waals surface area contributed by atoms with Crippen molar-refractivity contribution in [1.82, 2.24) is 20.2 Å². The summed E-state index contributed by atoms with van der Waals surface area (Å²) in [5, 5.41) is 15.2. The molecule has 4 aromatic rings. The zero-order valence-corrected chi connectivity index (χ0v) is 25.6. The van der Waals surface area contributed by atoms with Gasteiger partial charge in [0.2, 0.25) is 0 Å². The highest BCUT2D eigenvalue weighted by Gasteiger charge is 2.49. The molecule has 5 aliphatic heterocycles. The summed E-state index contributed by atoms with van der Waals surface area (Å²) in [6, 6.07) is 8.41. The third-order valence-corrected chi connectivity index (χ3v) is 11.7. The molecule has 9 nitrogen and oxygen atoms in total. The Hall–Kier alpha value is -3.63. The summed E-state index contributed by atoms with van der Waals surface area (Å²) in [7, 11) is 0. The molecule has 0 radical (unpaired) electrons. The van der Waals surface area contributed by atoms with E-state index in [4.69, 9.17) is 25.2 Å². The van der Waals surface area contributed by atoms with Crippen molar-refractivity contribution < 1.29 is 18.3 Å². The second kappa shape index (κ2) is 10.2. The molecule has 9 rings (SSSR count). The Bertz CT molecular complexity index is 1910. The van der Waals surface area contributed by atoms with E-state index in [1.54, 1.807) is 0 Å². The maximum atomic E-state index is 17.3. The van der Waals surface area contributed by atoms with E-state index in [2.05, 4.69) is 21.2 Å². The topological polar surface area (TPSA) is 113 Å². The van der Waals surface area contributed by atoms with Gasteiger partial charge in [0.25, 0.3) is 0 Å². The first-order valence-electron chi connectivity index (χ1n) is 15.8. The molecular formula is C33H33F2N7O2S. The maximum Gasteiger partial charge on any atom is 0.319 e. The molecule has 0 amide bonds. The van der Waals surface area contributed by atoms with Gasteiger partial charge in [0.05, 0.1) is 29.7 Å². The monoisotopic (exact) mass is 629 g/mol. The van der Waals surface area contributed by atoms with Gasteiger partial charge in [-0.05, 0) is 55.0 Å². The highest BCUT2D eigenvalue weighted by molar-refractivity contribution is 7.23. The predicted octanol–water partition coefficient (Wildman–Crippen LogP) is 5.03. The Labute approximate surface area is 262 Å². The van der Waals surface area contributed by atoms with E-state index in [9.17, 15) is 9.65 Å². The Balaban J connectivity index is 1.26. The van der Waals surface area contributed by atoms with Crippen LogP contribution in [-0.4, -0.2) is 71.4 Å². The highest BCUT2D eigenvalue weighted by atomic mass is 32.1. The van der Waals surface area contributed by atoms with Crippen LogP contribution in [0.5, 0.6) is 6.01 Å². The normalized spacial score (nSPS) is 27.4. The van der Waals surface area contributed by atoms with Gasteiger partial charge in [-0.15, -0.1) is 11.3 Å². The molecule has 232 valence electrons. The van der Waals surface area contributed by atoms with Gasteiger partial charge in [-0.25, -0.2) is 8.78 Å². The van der Waals surface area contributed by atoms with Gasteiger partial charge < -0.3 is 25.4 Å². The Kier molecular flexibility index (Phi) is 6.26. The zero-order chi connectivity index (χ0) is 30.4. The number of nitrogen functional groups attached to an aromatic ring is 1. The van der Waals surface area contributed by atoms with Crippen LogP contribution in [0, 0.1) is 17.1 Å². The Morgan fingerprint density at radius 1 is 1.18 bits per heavy atom. The number of piperazine rings is 1. The van der Waals surface area contributed by atoms with Crippen molar-refractivity contribution in [2.45, 2.75) is 69.1 Å². The van der Waals surface area contributed by atoms with Crippen molar-refractivity contribution in [2.75, 3.05) is 43.4 Å². The summed E-state index contributed by atoms with van der Waals surface area (Å²) in [5.74, 6) is 0.194.